The summed E-state index contributed by atoms with van der Waals surface area (Å²) in [6.45, 7) is 4.94. The van der Waals surface area contributed by atoms with Gasteiger partial charge in [0.25, 0.3) is 0 Å². The van der Waals surface area contributed by atoms with E-state index in [1.807, 2.05) is 50.2 Å². The first-order valence-electron chi connectivity index (χ1n) is 12.4. The molecule has 34 heavy (non-hydrogen) atoms. The molecule has 1 aliphatic rings. The van der Waals surface area contributed by atoms with Gasteiger partial charge in [-0.25, -0.2) is 13.2 Å². The zero-order valence-corrected chi connectivity index (χ0v) is 20.0. The SMILES string of the molecule is CCOCc1ccc(C2CCC(CCc3ccc(-c4ccc(C)cc4)c(F)c3F)CC2)c(F)c1. The van der Waals surface area contributed by atoms with Crippen LogP contribution in [0.3, 0.4) is 0 Å². The van der Waals surface area contributed by atoms with Crippen molar-refractivity contribution < 1.29 is 17.9 Å². The van der Waals surface area contributed by atoms with E-state index in [0.717, 1.165) is 48.8 Å². The topological polar surface area (TPSA) is 9.23 Å². The smallest absolute Gasteiger partial charge is 0.166 e. The molecular weight excluding hydrogens is 433 g/mol. The minimum atomic E-state index is -0.770. The molecular formula is C30H33F3O. The molecule has 0 radical (unpaired) electrons. The zero-order valence-electron chi connectivity index (χ0n) is 20.0. The van der Waals surface area contributed by atoms with Crippen molar-refractivity contribution in [3.63, 3.8) is 0 Å². The van der Waals surface area contributed by atoms with E-state index in [9.17, 15) is 13.2 Å². The predicted octanol–water partition coefficient (Wildman–Crippen LogP) is 8.52. The second-order valence-corrected chi connectivity index (χ2v) is 9.52. The van der Waals surface area contributed by atoms with E-state index in [1.54, 1.807) is 18.2 Å². The molecule has 0 N–H and O–H groups in total. The minimum Gasteiger partial charge on any atom is -0.377 e. The Morgan fingerprint density at radius 1 is 0.853 bits per heavy atom. The summed E-state index contributed by atoms with van der Waals surface area (Å²) in [5.41, 5.74) is 4.16. The quantitative estimate of drug-likeness (QED) is 0.323. The second kappa shape index (κ2) is 11.2. The molecule has 180 valence electrons. The Kier molecular flexibility index (Phi) is 8.10. The third kappa shape index (κ3) is 5.72. The van der Waals surface area contributed by atoms with Gasteiger partial charge in [0.1, 0.15) is 5.82 Å². The average molecular weight is 467 g/mol. The summed E-state index contributed by atoms with van der Waals surface area (Å²) in [5.74, 6) is -0.975. The fourth-order valence-electron chi connectivity index (χ4n) is 5.07. The molecule has 0 unspecified atom stereocenters. The largest absolute Gasteiger partial charge is 0.377 e. The summed E-state index contributed by atoms with van der Waals surface area (Å²) in [4.78, 5) is 0. The lowest BCUT2D eigenvalue weighted by Gasteiger charge is -2.29. The van der Waals surface area contributed by atoms with Gasteiger partial charge in [-0.1, -0.05) is 54.1 Å². The van der Waals surface area contributed by atoms with Gasteiger partial charge in [-0.3, -0.25) is 0 Å². The van der Waals surface area contributed by atoms with Gasteiger partial charge in [0.05, 0.1) is 6.61 Å². The van der Waals surface area contributed by atoms with E-state index in [0.29, 0.717) is 42.2 Å². The highest BCUT2D eigenvalue weighted by molar-refractivity contribution is 5.65. The van der Waals surface area contributed by atoms with Crippen molar-refractivity contribution in [1.82, 2.24) is 0 Å². The Bertz CT molecular complexity index is 1100. The summed E-state index contributed by atoms with van der Waals surface area (Å²) >= 11 is 0. The molecule has 0 heterocycles. The highest BCUT2D eigenvalue weighted by atomic mass is 19.2. The first-order valence-corrected chi connectivity index (χ1v) is 12.4. The Morgan fingerprint density at radius 2 is 1.59 bits per heavy atom. The molecule has 1 nitrogen and oxygen atoms in total. The molecule has 0 amide bonds. The van der Waals surface area contributed by atoms with Crippen molar-refractivity contribution in [2.24, 2.45) is 5.92 Å². The number of ether oxygens (including phenoxy) is 1. The van der Waals surface area contributed by atoms with E-state index in [1.165, 1.54) is 0 Å². The van der Waals surface area contributed by atoms with Crippen LogP contribution in [-0.2, 0) is 17.8 Å². The van der Waals surface area contributed by atoms with Crippen molar-refractivity contribution in [3.8, 4) is 11.1 Å². The Labute approximate surface area is 201 Å². The average Bonchev–Trinajstić information content (AvgIpc) is 2.85. The third-order valence-electron chi connectivity index (χ3n) is 7.17. The van der Waals surface area contributed by atoms with Crippen LogP contribution < -0.4 is 0 Å². The fourth-order valence-corrected chi connectivity index (χ4v) is 5.07. The number of halogens is 3. The second-order valence-electron chi connectivity index (χ2n) is 9.52. The van der Waals surface area contributed by atoms with Gasteiger partial charge in [0, 0.05) is 12.2 Å². The van der Waals surface area contributed by atoms with Gasteiger partial charge in [-0.05, 0) is 92.5 Å². The number of hydrogen-bond donors (Lipinski definition) is 0. The number of benzene rings is 3. The van der Waals surface area contributed by atoms with E-state index in [-0.39, 0.29) is 11.7 Å². The molecule has 0 bridgehead atoms. The first kappa shape index (κ1) is 24.5. The van der Waals surface area contributed by atoms with Gasteiger partial charge < -0.3 is 4.74 Å². The molecule has 0 aliphatic heterocycles. The van der Waals surface area contributed by atoms with Gasteiger partial charge in [0.2, 0.25) is 0 Å². The lowest BCUT2D eigenvalue weighted by molar-refractivity contribution is 0.134. The molecule has 3 aromatic carbocycles. The summed E-state index contributed by atoms with van der Waals surface area (Å²) < 4.78 is 49.6. The van der Waals surface area contributed by atoms with E-state index < -0.39 is 11.6 Å². The van der Waals surface area contributed by atoms with E-state index in [2.05, 4.69) is 0 Å². The number of rotatable bonds is 8. The summed E-state index contributed by atoms with van der Waals surface area (Å²) in [7, 11) is 0. The lowest BCUT2D eigenvalue weighted by Crippen LogP contribution is -2.15. The predicted molar refractivity (Wildman–Crippen MR) is 131 cm³/mol. The molecule has 1 aliphatic carbocycles. The lowest BCUT2D eigenvalue weighted by atomic mass is 9.76. The Morgan fingerprint density at radius 3 is 2.26 bits per heavy atom. The van der Waals surface area contributed by atoms with Crippen LogP contribution in [0.1, 0.15) is 67.2 Å². The van der Waals surface area contributed by atoms with Gasteiger partial charge in [-0.15, -0.1) is 0 Å². The summed E-state index contributed by atoms with van der Waals surface area (Å²) in [6.07, 6.45) is 5.16. The van der Waals surface area contributed by atoms with Crippen molar-refractivity contribution in [2.75, 3.05) is 6.61 Å². The molecule has 0 saturated heterocycles. The van der Waals surface area contributed by atoms with E-state index >= 15 is 0 Å². The van der Waals surface area contributed by atoms with Crippen molar-refractivity contribution in [1.29, 1.82) is 0 Å². The Hall–Kier alpha value is -2.59. The number of aryl methyl sites for hydroxylation is 2. The van der Waals surface area contributed by atoms with Gasteiger partial charge in [-0.2, -0.15) is 0 Å². The number of hydrogen-bond acceptors (Lipinski definition) is 1. The maximum absolute atomic E-state index is 14.8. The molecule has 0 aromatic heterocycles. The van der Waals surface area contributed by atoms with Crippen LogP contribution in [0, 0.1) is 30.3 Å². The van der Waals surface area contributed by atoms with E-state index in [4.69, 9.17) is 4.74 Å². The molecule has 4 heteroatoms. The van der Waals surface area contributed by atoms with Crippen molar-refractivity contribution >= 4 is 0 Å². The van der Waals surface area contributed by atoms with Crippen LogP contribution in [0.15, 0.2) is 54.6 Å². The summed E-state index contributed by atoms with van der Waals surface area (Å²) in [6, 6.07) is 16.3. The standard InChI is InChI=1S/C30H33F3O/c1-3-34-19-22-9-16-26(28(31)18-22)23-12-6-21(7-13-23)8-14-25-15-17-27(30(33)29(25)32)24-10-4-20(2)5-11-24/h4-5,9-11,15-18,21,23H,3,6-8,12-14,19H2,1-2H3. The van der Waals surface area contributed by atoms with Crippen LogP contribution in [0.25, 0.3) is 11.1 Å². The van der Waals surface area contributed by atoms with Crippen LogP contribution in [0.4, 0.5) is 13.2 Å². The Balaban J connectivity index is 1.33. The third-order valence-corrected chi connectivity index (χ3v) is 7.17. The highest BCUT2D eigenvalue weighted by Crippen LogP contribution is 2.39. The molecule has 4 rings (SSSR count). The van der Waals surface area contributed by atoms with Crippen LogP contribution in [-0.4, -0.2) is 6.61 Å². The molecule has 1 fully saturated rings. The maximum Gasteiger partial charge on any atom is 0.166 e. The van der Waals surface area contributed by atoms with Crippen LogP contribution in [0.2, 0.25) is 0 Å². The van der Waals surface area contributed by atoms with Crippen LogP contribution in [0.5, 0.6) is 0 Å². The monoisotopic (exact) mass is 466 g/mol. The van der Waals surface area contributed by atoms with Gasteiger partial charge in [0.15, 0.2) is 11.6 Å². The maximum atomic E-state index is 14.8. The molecule has 3 aromatic rings. The van der Waals surface area contributed by atoms with Crippen molar-refractivity contribution in [3.05, 3.63) is 94.3 Å². The van der Waals surface area contributed by atoms with Crippen molar-refractivity contribution in [2.45, 2.75) is 64.9 Å². The molecule has 0 spiro atoms. The molecule has 1 saturated carbocycles. The normalized spacial score (nSPS) is 18.3. The summed E-state index contributed by atoms with van der Waals surface area (Å²) in [5, 5.41) is 0. The first-order chi connectivity index (χ1) is 16.5. The fraction of sp³-hybridized carbons (Fsp3) is 0.400. The van der Waals surface area contributed by atoms with Crippen LogP contribution >= 0.6 is 0 Å². The highest BCUT2D eigenvalue weighted by Gasteiger charge is 2.25. The zero-order chi connectivity index (χ0) is 24.1. The minimum absolute atomic E-state index is 0.146. The van der Waals surface area contributed by atoms with Gasteiger partial charge >= 0.3 is 0 Å². The molecule has 0 atom stereocenters.